The van der Waals surface area contributed by atoms with Gasteiger partial charge in [-0.25, -0.2) is 0 Å². The lowest BCUT2D eigenvalue weighted by atomic mass is 10.1. The third-order valence-electron chi connectivity index (χ3n) is 2.21. The van der Waals surface area contributed by atoms with Crippen LogP contribution in [0.25, 0.3) is 10.9 Å². The van der Waals surface area contributed by atoms with Crippen molar-refractivity contribution in [2.24, 2.45) is 0 Å². The smallest absolute Gasteiger partial charge is 0.0957 e. The molecular formula is C11H15N3. The molecule has 2 aromatic rings. The zero-order valence-corrected chi connectivity index (χ0v) is 9.07. The number of fused-ring (bicyclic) bond motifs is 1. The van der Waals surface area contributed by atoms with Gasteiger partial charge in [-0.15, -0.1) is 0 Å². The molecule has 3 heteroatoms. The van der Waals surface area contributed by atoms with Crippen molar-refractivity contribution in [3.05, 3.63) is 24.2 Å². The van der Waals surface area contributed by atoms with E-state index in [0.29, 0.717) is 0 Å². The van der Waals surface area contributed by atoms with E-state index in [9.17, 15) is 0 Å². The quantitative estimate of drug-likeness (QED) is 0.637. The number of hydrogen-bond donors (Lipinski definition) is 0. The van der Waals surface area contributed by atoms with Crippen molar-refractivity contribution in [1.82, 2.24) is 14.8 Å². The van der Waals surface area contributed by atoms with Crippen molar-refractivity contribution in [3.63, 3.8) is 0 Å². The highest BCUT2D eigenvalue weighted by Crippen LogP contribution is 2.18. The van der Waals surface area contributed by atoms with Gasteiger partial charge in [-0.2, -0.15) is 5.10 Å². The molecule has 0 unspecified atom stereocenters. The lowest BCUT2D eigenvalue weighted by Crippen LogP contribution is -2.21. The Morgan fingerprint density at radius 3 is 2.64 bits per heavy atom. The van der Waals surface area contributed by atoms with Crippen LogP contribution in [0.2, 0.25) is 0 Å². The van der Waals surface area contributed by atoms with E-state index in [-0.39, 0.29) is 5.54 Å². The van der Waals surface area contributed by atoms with Gasteiger partial charge in [-0.1, -0.05) is 0 Å². The van der Waals surface area contributed by atoms with Crippen LogP contribution in [-0.4, -0.2) is 14.8 Å². The van der Waals surface area contributed by atoms with Crippen LogP contribution in [0.3, 0.4) is 0 Å². The van der Waals surface area contributed by atoms with Gasteiger partial charge in [0.1, 0.15) is 0 Å². The molecule has 0 bridgehead atoms. The van der Waals surface area contributed by atoms with Gasteiger partial charge in [-0.05, 0) is 33.8 Å². The SMILES string of the molecule is Cc1cc2nn(C(C)(C)C)cc2cn1. The van der Waals surface area contributed by atoms with E-state index in [1.54, 1.807) is 0 Å². The van der Waals surface area contributed by atoms with Crippen molar-refractivity contribution in [3.8, 4) is 0 Å². The van der Waals surface area contributed by atoms with Crippen LogP contribution < -0.4 is 0 Å². The van der Waals surface area contributed by atoms with Crippen LogP contribution in [-0.2, 0) is 5.54 Å². The van der Waals surface area contributed by atoms with E-state index in [2.05, 4.69) is 30.9 Å². The van der Waals surface area contributed by atoms with E-state index in [1.165, 1.54) is 0 Å². The van der Waals surface area contributed by atoms with Gasteiger partial charge in [0.15, 0.2) is 0 Å². The van der Waals surface area contributed by atoms with Crippen LogP contribution in [0.15, 0.2) is 18.5 Å². The Morgan fingerprint density at radius 1 is 1.29 bits per heavy atom. The number of pyridine rings is 1. The molecule has 0 aromatic carbocycles. The summed E-state index contributed by atoms with van der Waals surface area (Å²) in [6.45, 7) is 8.40. The zero-order chi connectivity index (χ0) is 10.3. The summed E-state index contributed by atoms with van der Waals surface area (Å²) in [7, 11) is 0. The molecule has 0 saturated heterocycles. The monoisotopic (exact) mass is 189 g/mol. The highest BCUT2D eigenvalue weighted by atomic mass is 15.3. The Bertz CT molecular complexity index is 463. The van der Waals surface area contributed by atoms with Crippen LogP contribution >= 0.6 is 0 Å². The molecular weight excluding hydrogens is 174 g/mol. The number of aromatic nitrogens is 3. The Hall–Kier alpha value is -1.38. The molecule has 0 N–H and O–H groups in total. The first-order valence-electron chi connectivity index (χ1n) is 4.79. The molecule has 0 atom stereocenters. The first-order valence-corrected chi connectivity index (χ1v) is 4.79. The average molecular weight is 189 g/mol. The van der Waals surface area contributed by atoms with E-state index < -0.39 is 0 Å². The van der Waals surface area contributed by atoms with Gasteiger partial charge in [-0.3, -0.25) is 9.67 Å². The van der Waals surface area contributed by atoms with Gasteiger partial charge in [0, 0.05) is 23.5 Å². The minimum atomic E-state index is 0.0346. The molecule has 3 nitrogen and oxygen atoms in total. The summed E-state index contributed by atoms with van der Waals surface area (Å²) in [4.78, 5) is 4.25. The minimum absolute atomic E-state index is 0.0346. The molecule has 0 fully saturated rings. The van der Waals surface area contributed by atoms with Gasteiger partial charge >= 0.3 is 0 Å². The molecule has 0 amide bonds. The topological polar surface area (TPSA) is 30.7 Å². The largest absolute Gasteiger partial charge is 0.266 e. The summed E-state index contributed by atoms with van der Waals surface area (Å²) >= 11 is 0. The Kier molecular flexibility index (Phi) is 1.84. The predicted octanol–water partition coefficient (Wildman–Crippen LogP) is 2.49. The van der Waals surface area contributed by atoms with Crippen molar-refractivity contribution >= 4 is 10.9 Å². The third kappa shape index (κ3) is 1.50. The Morgan fingerprint density at radius 2 is 2.00 bits per heavy atom. The molecule has 2 rings (SSSR count). The van der Waals surface area contributed by atoms with Crippen LogP contribution in [0.1, 0.15) is 26.5 Å². The number of rotatable bonds is 0. The van der Waals surface area contributed by atoms with Gasteiger partial charge < -0.3 is 0 Å². The molecule has 0 aliphatic rings. The summed E-state index contributed by atoms with van der Waals surface area (Å²) in [5.74, 6) is 0. The van der Waals surface area contributed by atoms with Gasteiger partial charge in [0.2, 0.25) is 0 Å². The fourth-order valence-corrected chi connectivity index (χ4v) is 1.36. The molecule has 0 spiro atoms. The maximum Gasteiger partial charge on any atom is 0.0957 e. The lowest BCUT2D eigenvalue weighted by Gasteiger charge is -2.18. The maximum absolute atomic E-state index is 4.52. The van der Waals surface area contributed by atoms with E-state index in [0.717, 1.165) is 16.6 Å². The number of nitrogens with zero attached hydrogens (tertiary/aromatic N) is 3. The normalized spacial score (nSPS) is 12.3. The first kappa shape index (κ1) is 9.19. The summed E-state index contributed by atoms with van der Waals surface area (Å²) < 4.78 is 1.98. The molecule has 2 heterocycles. The van der Waals surface area contributed by atoms with Crippen LogP contribution in [0.4, 0.5) is 0 Å². The fourth-order valence-electron chi connectivity index (χ4n) is 1.36. The molecule has 0 radical (unpaired) electrons. The highest BCUT2D eigenvalue weighted by molar-refractivity contribution is 5.77. The second kappa shape index (κ2) is 2.80. The standard InChI is InChI=1S/C11H15N3/c1-8-5-10-9(6-12-8)7-14(13-10)11(2,3)4/h5-7H,1-4H3. The minimum Gasteiger partial charge on any atom is -0.266 e. The second-order valence-corrected chi connectivity index (χ2v) is 4.63. The van der Waals surface area contributed by atoms with Crippen LogP contribution in [0.5, 0.6) is 0 Å². The predicted molar refractivity (Wildman–Crippen MR) is 57.3 cm³/mol. The van der Waals surface area contributed by atoms with E-state index in [4.69, 9.17) is 0 Å². The molecule has 2 aromatic heterocycles. The maximum atomic E-state index is 4.52. The van der Waals surface area contributed by atoms with Crippen molar-refractivity contribution < 1.29 is 0 Å². The summed E-state index contributed by atoms with van der Waals surface area (Å²) in [6.07, 6.45) is 3.92. The second-order valence-electron chi connectivity index (χ2n) is 4.63. The van der Waals surface area contributed by atoms with Gasteiger partial charge in [0.05, 0.1) is 11.1 Å². The molecule has 0 saturated carbocycles. The molecule has 74 valence electrons. The summed E-state index contributed by atoms with van der Waals surface area (Å²) in [5.41, 5.74) is 2.07. The summed E-state index contributed by atoms with van der Waals surface area (Å²) in [5, 5.41) is 5.62. The highest BCUT2D eigenvalue weighted by Gasteiger charge is 2.14. The number of hydrogen-bond acceptors (Lipinski definition) is 2. The zero-order valence-electron chi connectivity index (χ0n) is 9.07. The third-order valence-corrected chi connectivity index (χ3v) is 2.21. The summed E-state index contributed by atoms with van der Waals surface area (Å²) in [6, 6.07) is 2.01. The molecule has 14 heavy (non-hydrogen) atoms. The Balaban J connectivity index is 2.63. The van der Waals surface area contributed by atoms with Gasteiger partial charge in [0.25, 0.3) is 0 Å². The van der Waals surface area contributed by atoms with Crippen LogP contribution in [0, 0.1) is 6.92 Å². The average Bonchev–Trinajstić information content (AvgIpc) is 2.45. The van der Waals surface area contributed by atoms with E-state index in [1.807, 2.05) is 30.1 Å². The first-order chi connectivity index (χ1) is 6.47. The lowest BCUT2D eigenvalue weighted by molar-refractivity contribution is 0.358. The van der Waals surface area contributed by atoms with Crippen molar-refractivity contribution in [2.45, 2.75) is 33.2 Å². The molecule has 0 aliphatic heterocycles. The molecule has 0 aliphatic carbocycles. The number of aryl methyl sites for hydroxylation is 1. The Labute approximate surface area is 83.8 Å². The van der Waals surface area contributed by atoms with Crippen molar-refractivity contribution in [1.29, 1.82) is 0 Å². The fraction of sp³-hybridized carbons (Fsp3) is 0.455. The van der Waals surface area contributed by atoms with E-state index >= 15 is 0 Å². The van der Waals surface area contributed by atoms with Crippen molar-refractivity contribution in [2.75, 3.05) is 0 Å².